The highest BCUT2D eigenvalue weighted by Gasteiger charge is 2.20. The number of hydrogen-bond donors (Lipinski definition) is 1. The van der Waals surface area contributed by atoms with Crippen LogP contribution < -0.4 is 14.8 Å². The lowest BCUT2D eigenvalue weighted by molar-refractivity contribution is 0.200. The minimum atomic E-state index is -0.118. The number of carbonyl (C=O) groups excluding carboxylic acids is 1. The maximum atomic E-state index is 12.5. The van der Waals surface area contributed by atoms with Crippen LogP contribution in [0.25, 0.3) is 0 Å². The summed E-state index contributed by atoms with van der Waals surface area (Å²) in [5, 5.41) is 3.02. The lowest BCUT2D eigenvalue weighted by Gasteiger charge is -2.27. The molecule has 0 aliphatic carbocycles. The number of amides is 2. The van der Waals surface area contributed by atoms with Gasteiger partial charge < -0.3 is 24.6 Å². The molecule has 0 aliphatic rings. The van der Waals surface area contributed by atoms with Crippen molar-refractivity contribution in [2.24, 2.45) is 0 Å². The van der Waals surface area contributed by atoms with E-state index in [1.165, 1.54) is 0 Å². The SMILES string of the molecule is COc1ccc(CN(C)C(=O)NCC(c2ccccc2OC)N(C)C)cc1. The van der Waals surface area contributed by atoms with E-state index in [2.05, 4.69) is 10.2 Å². The van der Waals surface area contributed by atoms with Gasteiger partial charge in [-0.25, -0.2) is 4.79 Å². The van der Waals surface area contributed by atoms with Crippen LogP contribution in [0.15, 0.2) is 48.5 Å². The Bertz CT molecular complexity index is 732. The number of hydrogen-bond acceptors (Lipinski definition) is 4. The molecule has 6 nitrogen and oxygen atoms in total. The average molecular weight is 371 g/mol. The molecule has 0 saturated carbocycles. The number of nitrogens with one attached hydrogen (secondary N) is 1. The second-order valence-corrected chi connectivity index (χ2v) is 6.61. The van der Waals surface area contributed by atoms with Gasteiger partial charge >= 0.3 is 6.03 Å². The van der Waals surface area contributed by atoms with Gasteiger partial charge in [0.05, 0.1) is 20.3 Å². The van der Waals surface area contributed by atoms with Gasteiger partial charge in [0.1, 0.15) is 11.5 Å². The van der Waals surface area contributed by atoms with E-state index in [0.717, 1.165) is 22.6 Å². The van der Waals surface area contributed by atoms with Gasteiger partial charge in [-0.3, -0.25) is 0 Å². The quantitative estimate of drug-likeness (QED) is 0.775. The summed E-state index contributed by atoms with van der Waals surface area (Å²) in [7, 11) is 9.06. The Hall–Kier alpha value is -2.73. The molecule has 1 unspecified atom stereocenters. The number of methoxy groups -OCH3 is 2. The summed E-state index contributed by atoms with van der Waals surface area (Å²) in [4.78, 5) is 16.3. The predicted octanol–water partition coefficient (Wildman–Crippen LogP) is 3.15. The third kappa shape index (κ3) is 5.62. The summed E-state index contributed by atoms with van der Waals surface area (Å²) < 4.78 is 10.6. The topological polar surface area (TPSA) is 54.0 Å². The summed E-state index contributed by atoms with van der Waals surface area (Å²) >= 11 is 0. The van der Waals surface area contributed by atoms with Crippen LogP contribution in [0, 0.1) is 0 Å². The summed E-state index contributed by atoms with van der Waals surface area (Å²) in [6, 6.07) is 15.5. The fraction of sp³-hybridized carbons (Fsp3) is 0.381. The Morgan fingerprint density at radius 1 is 1.00 bits per heavy atom. The molecule has 2 rings (SSSR count). The van der Waals surface area contributed by atoms with Crippen molar-refractivity contribution in [1.29, 1.82) is 0 Å². The Morgan fingerprint density at radius 2 is 1.67 bits per heavy atom. The lowest BCUT2D eigenvalue weighted by Crippen LogP contribution is -2.41. The van der Waals surface area contributed by atoms with Crippen LogP contribution in [0.1, 0.15) is 17.2 Å². The van der Waals surface area contributed by atoms with Gasteiger partial charge in [-0.15, -0.1) is 0 Å². The summed E-state index contributed by atoms with van der Waals surface area (Å²) in [5.41, 5.74) is 2.09. The molecule has 0 bridgehead atoms. The van der Waals surface area contributed by atoms with Crippen LogP contribution in [-0.2, 0) is 6.54 Å². The fourth-order valence-corrected chi connectivity index (χ4v) is 2.91. The van der Waals surface area contributed by atoms with E-state index >= 15 is 0 Å². The fourth-order valence-electron chi connectivity index (χ4n) is 2.91. The van der Waals surface area contributed by atoms with Crippen molar-refractivity contribution in [3.63, 3.8) is 0 Å². The first-order valence-electron chi connectivity index (χ1n) is 8.87. The highest BCUT2D eigenvalue weighted by molar-refractivity contribution is 5.74. The molecule has 0 saturated heterocycles. The van der Waals surface area contributed by atoms with E-state index in [4.69, 9.17) is 9.47 Å². The maximum Gasteiger partial charge on any atom is 0.317 e. The molecule has 2 amide bonds. The zero-order chi connectivity index (χ0) is 19.8. The molecule has 1 N–H and O–H groups in total. The largest absolute Gasteiger partial charge is 0.497 e. The normalized spacial score (nSPS) is 11.8. The van der Waals surface area contributed by atoms with Crippen molar-refractivity contribution >= 4 is 6.03 Å². The van der Waals surface area contributed by atoms with Crippen LogP contribution in [0.5, 0.6) is 11.5 Å². The molecule has 2 aromatic rings. The number of rotatable bonds is 8. The lowest BCUT2D eigenvalue weighted by atomic mass is 10.0. The monoisotopic (exact) mass is 371 g/mol. The Kier molecular flexibility index (Phi) is 7.49. The van der Waals surface area contributed by atoms with Gasteiger partial charge in [-0.2, -0.15) is 0 Å². The van der Waals surface area contributed by atoms with Crippen molar-refractivity contribution in [3.8, 4) is 11.5 Å². The number of benzene rings is 2. The molecule has 27 heavy (non-hydrogen) atoms. The highest BCUT2D eigenvalue weighted by atomic mass is 16.5. The minimum absolute atomic E-state index is 0.0134. The van der Waals surface area contributed by atoms with Crippen LogP contribution in [-0.4, -0.2) is 57.7 Å². The number of ether oxygens (including phenoxy) is 2. The first kappa shape index (κ1) is 20.6. The molecule has 146 valence electrons. The van der Waals surface area contributed by atoms with Crippen molar-refractivity contribution in [2.75, 3.05) is 41.9 Å². The average Bonchev–Trinajstić information content (AvgIpc) is 2.68. The molecular formula is C21H29N3O3. The number of carbonyl (C=O) groups is 1. The van der Waals surface area contributed by atoms with Crippen molar-refractivity contribution in [3.05, 3.63) is 59.7 Å². The van der Waals surface area contributed by atoms with Gasteiger partial charge in [-0.1, -0.05) is 30.3 Å². The molecule has 0 heterocycles. The first-order valence-corrected chi connectivity index (χ1v) is 8.87. The number of urea groups is 1. The molecule has 0 radical (unpaired) electrons. The minimum Gasteiger partial charge on any atom is -0.497 e. The standard InChI is InChI=1S/C21H29N3O3/c1-23(2)19(18-8-6-7-9-20(18)27-5)14-22-21(25)24(3)15-16-10-12-17(26-4)13-11-16/h6-13,19H,14-15H2,1-5H3,(H,22,25). The summed E-state index contributed by atoms with van der Waals surface area (Å²) in [6.07, 6.45) is 0. The molecule has 1 atom stereocenters. The maximum absolute atomic E-state index is 12.5. The van der Waals surface area contributed by atoms with Gasteiger partial charge in [-0.05, 0) is 37.9 Å². The smallest absolute Gasteiger partial charge is 0.317 e. The van der Waals surface area contributed by atoms with E-state index in [1.54, 1.807) is 26.2 Å². The van der Waals surface area contributed by atoms with E-state index < -0.39 is 0 Å². The van der Waals surface area contributed by atoms with Crippen LogP contribution in [0.3, 0.4) is 0 Å². The number of nitrogens with zero attached hydrogens (tertiary/aromatic N) is 2. The Morgan fingerprint density at radius 3 is 2.26 bits per heavy atom. The van der Waals surface area contributed by atoms with Crippen LogP contribution in [0.4, 0.5) is 4.79 Å². The van der Waals surface area contributed by atoms with Crippen LogP contribution in [0.2, 0.25) is 0 Å². The van der Waals surface area contributed by atoms with Crippen molar-refractivity contribution in [1.82, 2.24) is 15.1 Å². The molecule has 2 aromatic carbocycles. The Labute approximate surface area is 161 Å². The van der Waals surface area contributed by atoms with Crippen LogP contribution >= 0.6 is 0 Å². The molecule has 0 fully saturated rings. The van der Waals surface area contributed by atoms with E-state index in [1.807, 2.05) is 62.6 Å². The molecule has 0 spiro atoms. The number of para-hydroxylation sites is 1. The molecule has 0 aromatic heterocycles. The second kappa shape index (κ2) is 9.83. The summed E-state index contributed by atoms with van der Waals surface area (Å²) in [6.45, 7) is 1.01. The second-order valence-electron chi connectivity index (χ2n) is 6.61. The van der Waals surface area contributed by atoms with Gasteiger partial charge in [0.15, 0.2) is 0 Å². The highest BCUT2D eigenvalue weighted by Crippen LogP contribution is 2.27. The first-order chi connectivity index (χ1) is 13.0. The van der Waals surface area contributed by atoms with Gasteiger partial charge in [0.2, 0.25) is 0 Å². The van der Waals surface area contributed by atoms with E-state index in [-0.39, 0.29) is 12.1 Å². The van der Waals surface area contributed by atoms with E-state index in [0.29, 0.717) is 13.1 Å². The van der Waals surface area contributed by atoms with Crippen molar-refractivity contribution < 1.29 is 14.3 Å². The van der Waals surface area contributed by atoms with Gasteiger partial charge in [0.25, 0.3) is 0 Å². The zero-order valence-electron chi connectivity index (χ0n) is 16.7. The summed E-state index contributed by atoms with van der Waals surface area (Å²) in [5.74, 6) is 1.62. The van der Waals surface area contributed by atoms with Gasteiger partial charge in [0, 0.05) is 25.7 Å². The van der Waals surface area contributed by atoms with Crippen molar-refractivity contribution in [2.45, 2.75) is 12.6 Å². The number of likely N-dealkylation sites (N-methyl/N-ethyl adjacent to an activating group) is 1. The molecular weight excluding hydrogens is 342 g/mol. The predicted molar refractivity (Wildman–Crippen MR) is 107 cm³/mol. The Balaban J connectivity index is 1.98. The third-order valence-corrected chi connectivity index (χ3v) is 4.49. The molecule has 0 aliphatic heterocycles. The zero-order valence-corrected chi connectivity index (χ0v) is 16.7. The molecule has 6 heteroatoms. The third-order valence-electron chi connectivity index (χ3n) is 4.49. The van der Waals surface area contributed by atoms with E-state index in [9.17, 15) is 4.79 Å².